The Morgan fingerprint density at radius 1 is 0.967 bits per heavy atom. The van der Waals surface area contributed by atoms with Crippen molar-refractivity contribution in [3.8, 4) is 5.75 Å². The molecule has 0 bridgehead atoms. The van der Waals surface area contributed by atoms with E-state index in [1.807, 2.05) is 84.9 Å². The molecule has 1 aliphatic heterocycles. The van der Waals surface area contributed by atoms with Crippen molar-refractivity contribution >= 4 is 17.5 Å². The summed E-state index contributed by atoms with van der Waals surface area (Å²) in [5, 5.41) is 3.10. The fourth-order valence-corrected chi connectivity index (χ4v) is 3.90. The molecule has 3 aromatic carbocycles. The number of rotatable bonds is 6. The molecule has 0 radical (unpaired) electrons. The van der Waals surface area contributed by atoms with Gasteiger partial charge in [-0.15, -0.1) is 0 Å². The van der Waals surface area contributed by atoms with Gasteiger partial charge in [0.25, 0.3) is 0 Å². The van der Waals surface area contributed by atoms with Crippen molar-refractivity contribution in [3.05, 3.63) is 96.1 Å². The van der Waals surface area contributed by atoms with Gasteiger partial charge < -0.3 is 15.0 Å². The van der Waals surface area contributed by atoms with Crippen LogP contribution in [0.25, 0.3) is 0 Å². The van der Waals surface area contributed by atoms with E-state index in [2.05, 4.69) is 5.32 Å². The third-order valence-corrected chi connectivity index (χ3v) is 5.36. The first-order valence-corrected chi connectivity index (χ1v) is 10.0. The number of anilines is 1. The van der Waals surface area contributed by atoms with Crippen LogP contribution in [0.4, 0.5) is 5.69 Å². The molecule has 2 amide bonds. The molecule has 4 rings (SSSR count). The standard InChI is InChI=1S/C25H24N2O3/c1-30-22-14-8-13-21(16-22)27-17-20(15-23(27)28)26-25(29)24(18-9-4-2-5-10-18)19-11-6-3-7-12-19/h2-14,16,20,24H,15,17H2,1H3,(H,26,29)/t20-/m0/s1. The number of hydrogen-bond donors (Lipinski definition) is 1. The molecule has 1 saturated heterocycles. The zero-order chi connectivity index (χ0) is 20.9. The summed E-state index contributed by atoms with van der Waals surface area (Å²) in [5.74, 6) is 0.164. The number of amides is 2. The molecule has 1 fully saturated rings. The molecule has 5 nitrogen and oxygen atoms in total. The van der Waals surface area contributed by atoms with Crippen molar-refractivity contribution < 1.29 is 14.3 Å². The highest BCUT2D eigenvalue weighted by Crippen LogP contribution is 2.28. The zero-order valence-electron chi connectivity index (χ0n) is 16.8. The molecule has 1 aliphatic rings. The number of carbonyl (C=O) groups is 2. The van der Waals surface area contributed by atoms with Gasteiger partial charge in [0.2, 0.25) is 11.8 Å². The van der Waals surface area contributed by atoms with Crippen LogP contribution >= 0.6 is 0 Å². The van der Waals surface area contributed by atoms with Gasteiger partial charge in [0, 0.05) is 24.7 Å². The summed E-state index contributed by atoms with van der Waals surface area (Å²) < 4.78 is 5.26. The molecule has 0 aromatic heterocycles. The summed E-state index contributed by atoms with van der Waals surface area (Å²) >= 11 is 0. The quantitative estimate of drug-likeness (QED) is 0.686. The first kappa shape index (κ1) is 19.7. The van der Waals surface area contributed by atoms with Crippen molar-refractivity contribution in [2.75, 3.05) is 18.6 Å². The molecule has 1 atom stereocenters. The van der Waals surface area contributed by atoms with E-state index in [-0.39, 0.29) is 24.3 Å². The summed E-state index contributed by atoms with van der Waals surface area (Å²) in [5.41, 5.74) is 2.63. The summed E-state index contributed by atoms with van der Waals surface area (Å²) in [6, 6.07) is 26.6. The van der Waals surface area contributed by atoms with Crippen LogP contribution in [0, 0.1) is 0 Å². The van der Waals surface area contributed by atoms with Gasteiger partial charge in [0.15, 0.2) is 0 Å². The lowest BCUT2D eigenvalue weighted by Crippen LogP contribution is -2.40. The first-order chi connectivity index (χ1) is 14.7. The highest BCUT2D eigenvalue weighted by molar-refractivity contribution is 5.97. The maximum atomic E-state index is 13.3. The highest BCUT2D eigenvalue weighted by atomic mass is 16.5. The van der Waals surface area contributed by atoms with Gasteiger partial charge in [-0.1, -0.05) is 66.7 Å². The van der Waals surface area contributed by atoms with Crippen LogP contribution in [0.1, 0.15) is 23.5 Å². The summed E-state index contributed by atoms with van der Waals surface area (Å²) in [6.07, 6.45) is 0.277. The lowest BCUT2D eigenvalue weighted by Gasteiger charge is -2.21. The number of hydrogen-bond acceptors (Lipinski definition) is 3. The lowest BCUT2D eigenvalue weighted by molar-refractivity contribution is -0.122. The fourth-order valence-electron chi connectivity index (χ4n) is 3.90. The molecule has 152 valence electrons. The van der Waals surface area contributed by atoms with Crippen LogP contribution in [0.3, 0.4) is 0 Å². The van der Waals surface area contributed by atoms with Gasteiger partial charge >= 0.3 is 0 Å². The Kier molecular flexibility index (Phi) is 5.80. The Hall–Kier alpha value is -3.60. The maximum absolute atomic E-state index is 13.3. The van der Waals surface area contributed by atoms with Crippen molar-refractivity contribution in [1.82, 2.24) is 5.32 Å². The van der Waals surface area contributed by atoms with E-state index in [0.29, 0.717) is 12.3 Å². The van der Waals surface area contributed by atoms with E-state index in [9.17, 15) is 9.59 Å². The average molecular weight is 400 g/mol. The summed E-state index contributed by atoms with van der Waals surface area (Å²) in [7, 11) is 1.60. The Labute approximate surface area is 176 Å². The Morgan fingerprint density at radius 3 is 2.20 bits per heavy atom. The van der Waals surface area contributed by atoms with Crippen molar-refractivity contribution in [2.24, 2.45) is 0 Å². The summed E-state index contributed by atoms with van der Waals surface area (Å²) in [6.45, 7) is 0.439. The normalized spacial score (nSPS) is 16.0. The number of ether oxygens (including phenoxy) is 1. The SMILES string of the molecule is COc1cccc(N2C[C@@H](NC(=O)C(c3ccccc3)c3ccccc3)CC2=O)c1. The van der Waals surface area contributed by atoms with Crippen LogP contribution in [0.2, 0.25) is 0 Å². The Bertz CT molecular complexity index is 981. The van der Waals surface area contributed by atoms with E-state index in [0.717, 1.165) is 16.8 Å². The Morgan fingerprint density at radius 2 is 1.60 bits per heavy atom. The largest absolute Gasteiger partial charge is 0.497 e. The predicted molar refractivity (Wildman–Crippen MR) is 117 cm³/mol. The van der Waals surface area contributed by atoms with Crippen LogP contribution in [-0.2, 0) is 9.59 Å². The molecular weight excluding hydrogens is 376 g/mol. The smallest absolute Gasteiger partial charge is 0.232 e. The molecule has 30 heavy (non-hydrogen) atoms. The van der Waals surface area contributed by atoms with E-state index < -0.39 is 5.92 Å². The van der Waals surface area contributed by atoms with Crippen molar-refractivity contribution in [1.29, 1.82) is 0 Å². The molecule has 0 saturated carbocycles. The van der Waals surface area contributed by atoms with E-state index >= 15 is 0 Å². The minimum absolute atomic E-state index is 0.00970. The van der Waals surface area contributed by atoms with Crippen LogP contribution in [0.15, 0.2) is 84.9 Å². The van der Waals surface area contributed by atoms with Gasteiger partial charge in [-0.2, -0.15) is 0 Å². The van der Waals surface area contributed by atoms with Gasteiger partial charge in [-0.25, -0.2) is 0 Å². The number of carbonyl (C=O) groups excluding carboxylic acids is 2. The first-order valence-electron chi connectivity index (χ1n) is 10.0. The van der Waals surface area contributed by atoms with E-state index in [1.165, 1.54) is 0 Å². The van der Waals surface area contributed by atoms with Crippen molar-refractivity contribution in [3.63, 3.8) is 0 Å². The minimum atomic E-state index is -0.423. The molecule has 3 aromatic rings. The number of nitrogens with zero attached hydrogens (tertiary/aromatic N) is 1. The van der Waals surface area contributed by atoms with Gasteiger partial charge in [-0.3, -0.25) is 9.59 Å². The predicted octanol–water partition coefficient (Wildman–Crippen LogP) is 3.75. The Balaban J connectivity index is 1.52. The third-order valence-electron chi connectivity index (χ3n) is 5.36. The van der Waals surface area contributed by atoms with Crippen LogP contribution in [-0.4, -0.2) is 31.5 Å². The second kappa shape index (κ2) is 8.82. The number of benzene rings is 3. The second-order valence-corrected chi connectivity index (χ2v) is 7.37. The molecule has 5 heteroatoms. The monoisotopic (exact) mass is 400 g/mol. The third kappa shape index (κ3) is 4.20. The van der Waals surface area contributed by atoms with E-state index in [4.69, 9.17) is 4.74 Å². The molecule has 1 N–H and O–H groups in total. The van der Waals surface area contributed by atoms with Crippen LogP contribution < -0.4 is 15.0 Å². The molecule has 0 unspecified atom stereocenters. The minimum Gasteiger partial charge on any atom is -0.497 e. The second-order valence-electron chi connectivity index (χ2n) is 7.37. The van der Waals surface area contributed by atoms with Gasteiger partial charge in [0.05, 0.1) is 19.1 Å². The fraction of sp³-hybridized carbons (Fsp3) is 0.200. The van der Waals surface area contributed by atoms with E-state index in [1.54, 1.807) is 12.0 Å². The molecule has 1 heterocycles. The van der Waals surface area contributed by atoms with Gasteiger partial charge in [-0.05, 0) is 23.3 Å². The highest BCUT2D eigenvalue weighted by Gasteiger charge is 2.33. The van der Waals surface area contributed by atoms with Crippen LogP contribution in [0.5, 0.6) is 5.75 Å². The van der Waals surface area contributed by atoms with Crippen molar-refractivity contribution in [2.45, 2.75) is 18.4 Å². The van der Waals surface area contributed by atoms with Gasteiger partial charge in [0.1, 0.15) is 5.75 Å². The lowest BCUT2D eigenvalue weighted by atomic mass is 9.90. The average Bonchev–Trinajstić information content (AvgIpc) is 3.15. The molecule has 0 spiro atoms. The summed E-state index contributed by atoms with van der Waals surface area (Å²) in [4.78, 5) is 27.6. The zero-order valence-corrected chi connectivity index (χ0v) is 16.8. The topological polar surface area (TPSA) is 58.6 Å². The molecule has 0 aliphatic carbocycles. The molecular formula is C25H24N2O3. The number of methoxy groups -OCH3 is 1. The maximum Gasteiger partial charge on any atom is 0.232 e. The number of nitrogens with one attached hydrogen (secondary N) is 1.